The third-order valence-electron chi connectivity index (χ3n) is 4.50. The molecule has 1 aliphatic carbocycles. The Labute approximate surface area is 148 Å². The number of esters is 1. The van der Waals surface area contributed by atoms with Crippen molar-refractivity contribution in [2.24, 2.45) is 0 Å². The van der Waals surface area contributed by atoms with Crippen LogP contribution in [-0.4, -0.2) is 22.9 Å². The summed E-state index contributed by atoms with van der Waals surface area (Å²) in [7, 11) is 0. The van der Waals surface area contributed by atoms with Gasteiger partial charge in [0.15, 0.2) is 6.61 Å². The molecule has 0 saturated heterocycles. The maximum absolute atomic E-state index is 12.4. The molecule has 1 heterocycles. The zero-order chi connectivity index (χ0) is 18.0. The van der Waals surface area contributed by atoms with E-state index in [0.29, 0.717) is 11.6 Å². The van der Waals surface area contributed by atoms with Gasteiger partial charge in [-0.25, -0.2) is 4.79 Å². The Balaban J connectivity index is 1.59. The summed E-state index contributed by atoms with van der Waals surface area (Å²) in [4.78, 5) is 24.2. The second-order valence-electron chi connectivity index (χ2n) is 6.66. The van der Waals surface area contributed by atoms with E-state index >= 15 is 0 Å². The van der Waals surface area contributed by atoms with Gasteiger partial charge >= 0.3 is 5.97 Å². The first kappa shape index (κ1) is 17.2. The molecule has 4 heteroatoms. The summed E-state index contributed by atoms with van der Waals surface area (Å²) in [6, 6.07) is 10.2. The number of ether oxygens (including phenoxy) is 1. The number of carbonyl (C=O) groups excluding carboxylic acids is 2. The standard InChI is InChI=1S/C21H23NO3/c1-14-5-4-6-17(11-14)7-10-21(24)25-13-20(23)19-12-15(2)22(16(19)3)18-8-9-18/h4-7,10-12,18H,8-9,13H2,1-3H3/b10-7+. The molecule has 130 valence electrons. The normalized spacial score (nSPS) is 14.0. The number of nitrogens with zero attached hydrogens (tertiary/aromatic N) is 1. The van der Waals surface area contributed by atoms with Gasteiger partial charge in [0.1, 0.15) is 0 Å². The van der Waals surface area contributed by atoms with E-state index in [0.717, 1.165) is 22.5 Å². The minimum absolute atomic E-state index is 0.155. The number of hydrogen-bond donors (Lipinski definition) is 0. The van der Waals surface area contributed by atoms with Crippen LogP contribution < -0.4 is 0 Å². The number of aromatic nitrogens is 1. The monoisotopic (exact) mass is 337 g/mol. The van der Waals surface area contributed by atoms with E-state index in [1.54, 1.807) is 6.08 Å². The summed E-state index contributed by atoms with van der Waals surface area (Å²) in [5.74, 6) is -0.664. The number of aryl methyl sites for hydroxylation is 2. The van der Waals surface area contributed by atoms with E-state index in [1.807, 2.05) is 51.1 Å². The summed E-state index contributed by atoms with van der Waals surface area (Å²) >= 11 is 0. The average Bonchev–Trinajstić information content (AvgIpc) is 3.36. The molecule has 0 aliphatic heterocycles. The fourth-order valence-corrected chi connectivity index (χ4v) is 3.15. The maximum Gasteiger partial charge on any atom is 0.331 e. The third kappa shape index (κ3) is 4.08. The summed E-state index contributed by atoms with van der Waals surface area (Å²) in [6.45, 7) is 5.73. The SMILES string of the molecule is Cc1cccc(/C=C/C(=O)OCC(=O)c2cc(C)n(C3CC3)c2C)c1. The predicted octanol–water partition coefficient (Wildman–Crippen LogP) is 4.19. The summed E-state index contributed by atoms with van der Waals surface area (Å²) in [5.41, 5.74) is 4.76. The van der Waals surface area contributed by atoms with E-state index in [-0.39, 0.29) is 12.4 Å². The van der Waals surface area contributed by atoms with Gasteiger partial charge in [-0.2, -0.15) is 0 Å². The Hall–Kier alpha value is -2.62. The van der Waals surface area contributed by atoms with Crippen molar-refractivity contribution in [1.29, 1.82) is 0 Å². The van der Waals surface area contributed by atoms with E-state index in [2.05, 4.69) is 4.57 Å². The molecular formula is C21H23NO3. The first-order chi connectivity index (χ1) is 12.0. The molecule has 1 aromatic heterocycles. The van der Waals surface area contributed by atoms with Crippen LogP contribution in [-0.2, 0) is 9.53 Å². The maximum atomic E-state index is 12.4. The molecule has 1 aliphatic rings. The van der Waals surface area contributed by atoms with E-state index in [4.69, 9.17) is 4.74 Å². The lowest BCUT2D eigenvalue weighted by molar-refractivity contribution is -0.136. The molecule has 3 rings (SSSR count). The van der Waals surface area contributed by atoms with Gasteiger partial charge in [-0.05, 0) is 51.3 Å². The zero-order valence-electron chi connectivity index (χ0n) is 14.9. The third-order valence-corrected chi connectivity index (χ3v) is 4.50. The van der Waals surface area contributed by atoms with Crippen molar-refractivity contribution >= 4 is 17.8 Å². The van der Waals surface area contributed by atoms with Crippen LogP contribution in [0.2, 0.25) is 0 Å². The zero-order valence-corrected chi connectivity index (χ0v) is 14.9. The number of hydrogen-bond acceptors (Lipinski definition) is 3. The fraction of sp³-hybridized carbons (Fsp3) is 0.333. The molecule has 4 nitrogen and oxygen atoms in total. The van der Waals surface area contributed by atoms with Gasteiger partial charge in [0.25, 0.3) is 0 Å². The summed E-state index contributed by atoms with van der Waals surface area (Å²) in [5, 5.41) is 0. The molecular weight excluding hydrogens is 314 g/mol. The van der Waals surface area contributed by atoms with Crippen molar-refractivity contribution in [3.05, 3.63) is 64.5 Å². The van der Waals surface area contributed by atoms with E-state index < -0.39 is 5.97 Å². The topological polar surface area (TPSA) is 48.3 Å². The molecule has 0 radical (unpaired) electrons. The Kier molecular flexibility index (Phi) is 4.88. The highest BCUT2D eigenvalue weighted by Crippen LogP contribution is 2.38. The van der Waals surface area contributed by atoms with Crippen LogP contribution in [0, 0.1) is 20.8 Å². The van der Waals surface area contributed by atoms with Crippen molar-refractivity contribution < 1.29 is 14.3 Å². The smallest absolute Gasteiger partial charge is 0.331 e. The van der Waals surface area contributed by atoms with Gasteiger partial charge in [0.05, 0.1) is 0 Å². The Morgan fingerprint density at radius 3 is 2.64 bits per heavy atom. The lowest BCUT2D eigenvalue weighted by Crippen LogP contribution is -2.13. The molecule has 25 heavy (non-hydrogen) atoms. The van der Waals surface area contributed by atoms with Gasteiger partial charge < -0.3 is 9.30 Å². The van der Waals surface area contributed by atoms with Crippen LogP contribution in [0.5, 0.6) is 0 Å². The van der Waals surface area contributed by atoms with Crippen molar-refractivity contribution in [1.82, 2.24) is 4.57 Å². The van der Waals surface area contributed by atoms with Gasteiger partial charge in [-0.1, -0.05) is 29.8 Å². The van der Waals surface area contributed by atoms with Gasteiger partial charge in [-0.15, -0.1) is 0 Å². The molecule has 0 atom stereocenters. The lowest BCUT2D eigenvalue weighted by Gasteiger charge is -2.07. The molecule has 0 amide bonds. The van der Waals surface area contributed by atoms with Crippen LogP contribution in [0.1, 0.15) is 51.8 Å². The molecule has 0 N–H and O–H groups in total. The number of carbonyl (C=O) groups is 2. The number of rotatable bonds is 6. The lowest BCUT2D eigenvalue weighted by atomic mass is 10.1. The highest BCUT2D eigenvalue weighted by molar-refractivity contribution is 6.00. The van der Waals surface area contributed by atoms with Gasteiger partial charge in [0.2, 0.25) is 5.78 Å². The van der Waals surface area contributed by atoms with Crippen molar-refractivity contribution in [3.63, 3.8) is 0 Å². The number of Topliss-reactive ketones (excluding diaryl/α,β-unsaturated/α-hetero) is 1. The van der Waals surface area contributed by atoms with E-state index in [1.165, 1.54) is 18.9 Å². The minimum atomic E-state index is -0.508. The van der Waals surface area contributed by atoms with Crippen LogP contribution in [0.3, 0.4) is 0 Å². The quantitative estimate of drug-likeness (QED) is 0.451. The first-order valence-electron chi connectivity index (χ1n) is 8.59. The molecule has 0 spiro atoms. The molecule has 1 aromatic carbocycles. The highest BCUT2D eigenvalue weighted by Gasteiger charge is 2.28. The average molecular weight is 337 g/mol. The second kappa shape index (κ2) is 7.09. The molecule has 0 unspecified atom stereocenters. The minimum Gasteiger partial charge on any atom is -0.454 e. The first-order valence-corrected chi connectivity index (χ1v) is 8.59. The molecule has 0 bridgehead atoms. The van der Waals surface area contributed by atoms with E-state index in [9.17, 15) is 9.59 Å². The van der Waals surface area contributed by atoms with Crippen molar-refractivity contribution in [2.45, 2.75) is 39.7 Å². The molecule has 2 aromatic rings. The fourth-order valence-electron chi connectivity index (χ4n) is 3.15. The van der Waals surface area contributed by atoms with Crippen LogP contribution in [0.25, 0.3) is 6.08 Å². The largest absolute Gasteiger partial charge is 0.454 e. The molecule has 1 fully saturated rings. The Morgan fingerprint density at radius 2 is 1.96 bits per heavy atom. The molecule has 1 saturated carbocycles. The Bertz CT molecular complexity index is 841. The van der Waals surface area contributed by atoms with Crippen LogP contribution in [0.4, 0.5) is 0 Å². The second-order valence-corrected chi connectivity index (χ2v) is 6.66. The van der Waals surface area contributed by atoms with Crippen molar-refractivity contribution in [2.75, 3.05) is 6.61 Å². The van der Waals surface area contributed by atoms with Gasteiger partial charge in [0, 0.05) is 29.1 Å². The summed E-state index contributed by atoms with van der Waals surface area (Å²) < 4.78 is 7.32. The predicted molar refractivity (Wildman–Crippen MR) is 97.7 cm³/mol. The summed E-state index contributed by atoms with van der Waals surface area (Å²) in [6.07, 6.45) is 5.39. The number of benzene rings is 1. The Morgan fingerprint density at radius 1 is 1.20 bits per heavy atom. The van der Waals surface area contributed by atoms with Crippen LogP contribution >= 0.6 is 0 Å². The highest BCUT2D eigenvalue weighted by atomic mass is 16.5. The van der Waals surface area contributed by atoms with Crippen molar-refractivity contribution in [3.8, 4) is 0 Å². The van der Waals surface area contributed by atoms with Crippen LogP contribution in [0.15, 0.2) is 36.4 Å². The van der Waals surface area contributed by atoms with Gasteiger partial charge in [-0.3, -0.25) is 4.79 Å². The number of ketones is 1.